The first-order chi connectivity index (χ1) is 9.15. The summed E-state index contributed by atoms with van der Waals surface area (Å²) in [6, 6.07) is 8.48. The maximum Gasteiger partial charge on any atom is 0.0901 e. The molecule has 1 aromatic carbocycles. The largest absolute Gasteiger partial charge is 0.317 e. The van der Waals surface area contributed by atoms with Gasteiger partial charge in [0, 0.05) is 10.1 Å². The van der Waals surface area contributed by atoms with Crippen molar-refractivity contribution in [2.45, 2.75) is 41.6 Å². The predicted molar refractivity (Wildman–Crippen MR) is 87.0 cm³/mol. The first-order valence-corrected chi connectivity index (χ1v) is 8.59. The van der Waals surface area contributed by atoms with E-state index in [0.717, 1.165) is 24.0 Å². The SMILES string of the molecule is CC1(C)Sc2ccccc2N=C1SC1CCNCC1. The molecule has 2 heterocycles. The van der Waals surface area contributed by atoms with Crippen LogP contribution in [-0.2, 0) is 0 Å². The Hall–Kier alpha value is -0.450. The number of nitrogens with one attached hydrogen (secondary N) is 1. The van der Waals surface area contributed by atoms with Gasteiger partial charge in [0.05, 0.1) is 15.5 Å². The lowest BCUT2D eigenvalue weighted by Gasteiger charge is -2.33. The molecule has 3 rings (SSSR count). The van der Waals surface area contributed by atoms with E-state index in [9.17, 15) is 0 Å². The summed E-state index contributed by atoms with van der Waals surface area (Å²) in [5.41, 5.74) is 1.14. The molecule has 1 fully saturated rings. The Labute approximate surface area is 123 Å². The number of rotatable bonds is 1. The van der Waals surface area contributed by atoms with Crippen LogP contribution < -0.4 is 5.32 Å². The zero-order valence-electron chi connectivity index (χ0n) is 11.5. The summed E-state index contributed by atoms with van der Waals surface area (Å²) >= 11 is 3.94. The molecule has 0 spiro atoms. The molecule has 0 atom stereocenters. The molecule has 0 aromatic heterocycles. The van der Waals surface area contributed by atoms with Crippen LogP contribution in [0.4, 0.5) is 5.69 Å². The summed E-state index contributed by atoms with van der Waals surface area (Å²) < 4.78 is 0.101. The third-order valence-corrected chi connectivity index (χ3v) is 6.56. The quantitative estimate of drug-likeness (QED) is 0.844. The Balaban J connectivity index is 1.84. The van der Waals surface area contributed by atoms with Gasteiger partial charge in [0.1, 0.15) is 0 Å². The van der Waals surface area contributed by atoms with Gasteiger partial charge in [0.2, 0.25) is 0 Å². The van der Waals surface area contributed by atoms with Crippen LogP contribution in [0.3, 0.4) is 0 Å². The van der Waals surface area contributed by atoms with Crippen molar-refractivity contribution in [2.24, 2.45) is 4.99 Å². The van der Waals surface area contributed by atoms with Gasteiger partial charge in [0.25, 0.3) is 0 Å². The molecular weight excluding hydrogens is 272 g/mol. The van der Waals surface area contributed by atoms with Crippen molar-refractivity contribution >= 4 is 34.3 Å². The normalized spacial score (nSPS) is 22.7. The second-order valence-electron chi connectivity index (χ2n) is 5.56. The molecule has 19 heavy (non-hydrogen) atoms. The maximum atomic E-state index is 4.93. The third-order valence-electron chi connectivity index (χ3n) is 3.53. The van der Waals surface area contributed by atoms with Crippen LogP contribution in [0, 0.1) is 0 Å². The number of nitrogens with zero attached hydrogens (tertiary/aromatic N) is 1. The molecular formula is C15H20N2S2. The summed E-state index contributed by atoms with van der Waals surface area (Å²) in [5.74, 6) is 0. The highest BCUT2D eigenvalue weighted by Gasteiger charge is 2.33. The molecule has 2 aliphatic rings. The number of hydrogen-bond donors (Lipinski definition) is 1. The highest BCUT2D eigenvalue weighted by atomic mass is 32.2. The Morgan fingerprint density at radius 3 is 2.79 bits per heavy atom. The van der Waals surface area contributed by atoms with Crippen molar-refractivity contribution in [3.63, 3.8) is 0 Å². The van der Waals surface area contributed by atoms with E-state index < -0.39 is 0 Å². The number of para-hydroxylation sites is 1. The Kier molecular flexibility index (Phi) is 3.92. The van der Waals surface area contributed by atoms with Crippen molar-refractivity contribution < 1.29 is 0 Å². The summed E-state index contributed by atoms with van der Waals surface area (Å²) in [4.78, 5) is 6.24. The van der Waals surface area contributed by atoms with Crippen molar-refractivity contribution in [1.82, 2.24) is 5.32 Å². The molecule has 1 saturated heterocycles. The van der Waals surface area contributed by atoms with Crippen LogP contribution in [0.1, 0.15) is 26.7 Å². The van der Waals surface area contributed by atoms with Gasteiger partial charge < -0.3 is 5.32 Å². The van der Waals surface area contributed by atoms with Crippen LogP contribution in [0.5, 0.6) is 0 Å². The fraction of sp³-hybridized carbons (Fsp3) is 0.533. The molecule has 0 amide bonds. The number of benzene rings is 1. The molecule has 4 heteroatoms. The van der Waals surface area contributed by atoms with Gasteiger partial charge in [0.15, 0.2) is 0 Å². The van der Waals surface area contributed by atoms with Crippen molar-refractivity contribution in [2.75, 3.05) is 13.1 Å². The van der Waals surface area contributed by atoms with Crippen LogP contribution in [0.2, 0.25) is 0 Å². The van der Waals surface area contributed by atoms with Gasteiger partial charge in [-0.25, -0.2) is 4.99 Å². The molecule has 0 unspecified atom stereocenters. The average molecular weight is 292 g/mol. The van der Waals surface area contributed by atoms with Crippen molar-refractivity contribution in [3.05, 3.63) is 24.3 Å². The fourth-order valence-electron chi connectivity index (χ4n) is 2.44. The van der Waals surface area contributed by atoms with E-state index in [4.69, 9.17) is 4.99 Å². The van der Waals surface area contributed by atoms with Gasteiger partial charge in [-0.3, -0.25) is 0 Å². The molecule has 2 nitrogen and oxygen atoms in total. The molecule has 0 saturated carbocycles. The Morgan fingerprint density at radius 1 is 1.26 bits per heavy atom. The summed E-state index contributed by atoms with van der Waals surface area (Å²) in [6.45, 7) is 6.88. The standard InChI is InChI=1S/C15H20N2S2/c1-15(2)14(18-11-7-9-16-10-8-11)17-12-5-3-4-6-13(12)19-15/h3-6,11,16H,7-10H2,1-2H3. The summed E-state index contributed by atoms with van der Waals surface area (Å²) in [5, 5.41) is 5.45. The van der Waals surface area contributed by atoms with E-state index in [2.05, 4.69) is 43.4 Å². The molecule has 102 valence electrons. The minimum atomic E-state index is 0.101. The number of aliphatic imine (C=N–C) groups is 1. The summed E-state index contributed by atoms with van der Waals surface area (Å²) in [6.07, 6.45) is 2.51. The minimum absolute atomic E-state index is 0.101. The van der Waals surface area contributed by atoms with E-state index in [-0.39, 0.29) is 4.75 Å². The van der Waals surface area contributed by atoms with E-state index in [1.165, 1.54) is 22.8 Å². The van der Waals surface area contributed by atoms with Crippen LogP contribution >= 0.6 is 23.5 Å². The Bertz CT molecular complexity index is 491. The number of piperidine rings is 1. The van der Waals surface area contributed by atoms with Gasteiger partial charge in [-0.05, 0) is 51.9 Å². The molecule has 2 aliphatic heterocycles. The first-order valence-electron chi connectivity index (χ1n) is 6.90. The highest BCUT2D eigenvalue weighted by molar-refractivity contribution is 8.17. The van der Waals surface area contributed by atoms with Gasteiger partial charge in [-0.15, -0.1) is 23.5 Å². The van der Waals surface area contributed by atoms with Crippen molar-refractivity contribution in [1.29, 1.82) is 0 Å². The number of hydrogen-bond acceptors (Lipinski definition) is 4. The average Bonchev–Trinajstić information content (AvgIpc) is 2.40. The zero-order chi connectivity index (χ0) is 13.3. The van der Waals surface area contributed by atoms with E-state index in [1.54, 1.807) is 0 Å². The first kappa shape index (κ1) is 13.5. The van der Waals surface area contributed by atoms with Crippen LogP contribution in [-0.4, -0.2) is 28.1 Å². The Morgan fingerprint density at radius 2 is 2.00 bits per heavy atom. The van der Waals surface area contributed by atoms with Crippen LogP contribution in [0.25, 0.3) is 0 Å². The molecule has 1 aromatic rings. The topological polar surface area (TPSA) is 24.4 Å². The summed E-state index contributed by atoms with van der Waals surface area (Å²) in [7, 11) is 0. The third kappa shape index (κ3) is 3.01. The van der Waals surface area contributed by atoms with Crippen molar-refractivity contribution in [3.8, 4) is 0 Å². The van der Waals surface area contributed by atoms with Gasteiger partial charge in [-0.2, -0.15) is 0 Å². The van der Waals surface area contributed by atoms with Crippen LogP contribution in [0.15, 0.2) is 34.2 Å². The monoisotopic (exact) mass is 292 g/mol. The van der Waals surface area contributed by atoms with Gasteiger partial charge in [-0.1, -0.05) is 12.1 Å². The maximum absolute atomic E-state index is 4.93. The lowest BCUT2D eigenvalue weighted by Crippen LogP contribution is -2.33. The lowest BCUT2D eigenvalue weighted by atomic mass is 10.2. The zero-order valence-corrected chi connectivity index (χ0v) is 13.1. The smallest absolute Gasteiger partial charge is 0.0901 e. The lowest BCUT2D eigenvalue weighted by molar-refractivity contribution is 0.532. The fourth-order valence-corrected chi connectivity index (χ4v) is 4.98. The molecule has 0 aliphatic carbocycles. The predicted octanol–water partition coefficient (Wildman–Crippen LogP) is 4.09. The second-order valence-corrected chi connectivity index (χ2v) is 8.52. The van der Waals surface area contributed by atoms with E-state index >= 15 is 0 Å². The molecule has 0 radical (unpaired) electrons. The van der Waals surface area contributed by atoms with E-state index in [0.29, 0.717) is 0 Å². The highest BCUT2D eigenvalue weighted by Crippen LogP contribution is 2.47. The second kappa shape index (κ2) is 5.51. The van der Waals surface area contributed by atoms with E-state index in [1.807, 2.05) is 23.5 Å². The molecule has 0 bridgehead atoms. The number of thioether (sulfide) groups is 2. The molecule has 1 N–H and O–H groups in total. The minimum Gasteiger partial charge on any atom is -0.317 e. The number of fused-ring (bicyclic) bond motifs is 1. The van der Waals surface area contributed by atoms with Gasteiger partial charge >= 0.3 is 0 Å².